The second kappa shape index (κ2) is 9.19. The number of nitrogens with zero attached hydrogens (tertiary/aromatic N) is 2. The first kappa shape index (κ1) is 21.5. The Balaban J connectivity index is 1.56. The summed E-state index contributed by atoms with van der Waals surface area (Å²) in [6.07, 6.45) is 4.47. The van der Waals surface area contributed by atoms with E-state index in [0.717, 1.165) is 48.0 Å². The van der Waals surface area contributed by atoms with Crippen molar-refractivity contribution in [1.82, 2.24) is 9.88 Å². The van der Waals surface area contributed by atoms with Crippen molar-refractivity contribution in [2.75, 3.05) is 19.7 Å². The lowest BCUT2D eigenvalue weighted by Crippen LogP contribution is -2.45. The molecule has 1 unspecified atom stereocenters. The molecule has 1 aliphatic heterocycles. The van der Waals surface area contributed by atoms with Crippen molar-refractivity contribution in [3.8, 4) is 11.1 Å². The molecule has 31 heavy (non-hydrogen) atoms. The summed E-state index contributed by atoms with van der Waals surface area (Å²) in [5, 5.41) is 1.15. The molecule has 2 heterocycles. The van der Waals surface area contributed by atoms with Gasteiger partial charge in [-0.15, -0.1) is 0 Å². The number of likely N-dealkylation sites (tertiary alicyclic amines) is 1. The van der Waals surface area contributed by atoms with Gasteiger partial charge in [-0.2, -0.15) is 0 Å². The number of aromatic nitrogens is 1. The average molecular weight is 417 g/mol. The summed E-state index contributed by atoms with van der Waals surface area (Å²) in [4.78, 5) is 18.7. The Morgan fingerprint density at radius 1 is 1.06 bits per heavy atom. The van der Waals surface area contributed by atoms with Crippen LogP contribution < -0.4 is 0 Å². The third-order valence-corrected chi connectivity index (χ3v) is 6.76. The molecule has 1 fully saturated rings. The second-order valence-corrected chi connectivity index (χ2v) is 8.54. The lowest BCUT2D eigenvalue weighted by atomic mass is 9.76. The molecule has 1 amide bonds. The van der Waals surface area contributed by atoms with Gasteiger partial charge in [0, 0.05) is 43.3 Å². The van der Waals surface area contributed by atoms with Crippen LogP contribution in [0.5, 0.6) is 0 Å². The van der Waals surface area contributed by atoms with Crippen molar-refractivity contribution >= 4 is 16.8 Å². The van der Waals surface area contributed by atoms with E-state index in [0.29, 0.717) is 18.9 Å². The third-order valence-electron chi connectivity index (χ3n) is 6.76. The van der Waals surface area contributed by atoms with E-state index in [1.165, 1.54) is 5.56 Å². The van der Waals surface area contributed by atoms with Gasteiger partial charge < -0.3 is 9.64 Å². The first-order valence-corrected chi connectivity index (χ1v) is 11.4. The molecule has 0 bridgehead atoms. The number of ether oxygens (including phenoxy) is 1. The van der Waals surface area contributed by atoms with Gasteiger partial charge in [-0.05, 0) is 55.9 Å². The highest BCUT2D eigenvalue weighted by atomic mass is 16.5. The minimum Gasteiger partial charge on any atom is -0.371 e. The second-order valence-electron chi connectivity index (χ2n) is 8.54. The van der Waals surface area contributed by atoms with Crippen LogP contribution in [0.2, 0.25) is 0 Å². The summed E-state index contributed by atoms with van der Waals surface area (Å²) in [5.74, 6) is 0.645. The van der Waals surface area contributed by atoms with Gasteiger partial charge in [0.2, 0.25) is 5.91 Å². The molecule has 4 heteroatoms. The Morgan fingerprint density at radius 2 is 1.77 bits per heavy atom. The zero-order valence-electron chi connectivity index (χ0n) is 18.8. The van der Waals surface area contributed by atoms with Crippen molar-refractivity contribution in [1.29, 1.82) is 0 Å². The number of pyridine rings is 1. The summed E-state index contributed by atoms with van der Waals surface area (Å²) in [5.41, 5.74) is 4.14. The minimum absolute atomic E-state index is 0.255. The van der Waals surface area contributed by atoms with Crippen LogP contribution in [-0.2, 0) is 15.1 Å². The van der Waals surface area contributed by atoms with Crippen molar-refractivity contribution in [3.63, 3.8) is 0 Å². The summed E-state index contributed by atoms with van der Waals surface area (Å²) in [6.45, 7) is 8.52. The Kier molecular flexibility index (Phi) is 6.38. The molecular formula is C27H32N2O2. The predicted molar refractivity (Wildman–Crippen MR) is 126 cm³/mol. The molecular weight excluding hydrogens is 384 g/mol. The van der Waals surface area contributed by atoms with Gasteiger partial charge in [0.05, 0.1) is 11.1 Å². The fourth-order valence-electron chi connectivity index (χ4n) is 4.86. The van der Waals surface area contributed by atoms with E-state index >= 15 is 0 Å². The van der Waals surface area contributed by atoms with E-state index in [9.17, 15) is 4.79 Å². The molecule has 0 spiro atoms. The average Bonchev–Trinajstić information content (AvgIpc) is 2.83. The standard InChI is InChI=1S/C27H32N2O2/c1-4-26(30)29-16-14-24(15-17-29)27(3,31-5-2)23-12-10-20(11-13-23)22-18-21-8-6-7-9-25(21)28-19-22/h6-13,18-19,24H,4-5,14-17H2,1-3H3. The number of amides is 1. The number of benzene rings is 2. The Morgan fingerprint density at radius 3 is 2.45 bits per heavy atom. The Labute approximate surface area is 185 Å². The van der Waals surface area contributed by atoms with Gasteiger partial charge in [0.25, 0.3) is 0 Å². The number of para-hydroxylation sites is 1. The van der Waals surface area contributed by atoms with Crippen LogP contribution >= 0.6 is 0 Å². The zero-order valence-corrected chi connectivity index (χ0v) is 18.8. The number of hydrogen-bond acceptors (Lipinski definition) is 3. The van der Waals surface area contributed by atoms with Crippen LogP contribution in [0.1, 0.15) is 45.6 Å². The maximum absolute atomic E-state index is 12.1. The van der Waals surface area contributed by atoms with E-state index in [-0.39, 0.29) is 11.5 Å². The monoisotopic (exact) mass is 416 g/mol. The molecule has 4 nitrogen and oxygen atoms in total. The molecule has 4 rings (SSSR count). The molecule has 3 aromatic rings. The van der Waals surface area contributed by atoms with E-state index in [2.05, 4.69) is 55.2 Å². The van der Waals surface area contributed by atoms with E-state index in [1.54, 1.807) is 0 Å². The first-order chi connectivity index (χ1) is 15.0. The number of carbonyl (C=O) groups excluding carboxylic acids is 1. The SMILES string of the molecule is CCOC(C)(c1ccc(-c2cnc3ccccc3c2)cc1)C1CCN(C(=O)CC)CC1. The van der Waals surface area contributed by atoms with Crippen LogP contribution in [0.4, 0.5) is 0 Å². The summed E-state index contributed by atoms with van der Waals surface area (Å²) in [6, 6.07) is 19.1. The molecule has 0 aliphatic carbocycles. The molecule has 1 aliphatic rings. The molecule has 1 saturated heterocycles. The number of rotatable bonds is 6. The number of hydrogen-bond donors (Lipinski definition) is 0. The Hall–Kier alpha value is -2.72. The normalized spacial score (nSPS) is 16.9. The van der Waals surface area contributed by atoms with Gasteiger partial charge in [-0.1, -0.05) is 49.4 Å². The van der Waals surface area contributed by atoms with Gasteiger partial charge in [-0.25, -0.2) is 0 Å². The van der Waals surface area contributed by atoms with E-state index < -0.39 is 0 Å². The summed E-state index contributed by atoms with van der Waals surface area (Å²) < 4.78 is 6.36. The highest BCUT2D eigenvalue weighted by Crippen LogP contribution is 2.40. The third kappa shape index (κ3) is 4.35. The van der Waals surface area contributed by atoms with Gasteiger partial charge in [0.15, 0.2) is 0 Å². The van der Waals surface area contributed by atoms with Gasteiger partial charge in [-0.3, -0.25) is 9.78 Å². The van der Waals surface area contributed by atoms with Crippen LogP contribution in [0.25, 0.3) is 22.0 Å². The van der Waals surface area contributed by atoms with E-state index in [4.69, 9.17) is 4.74 Å². The van der Waals surface area contributed by atoms with Crippen LogP contribution in [-0.4, -0.2) is 35.5 Å². The molecule has 0 radical (unpaired) electrons. The molecule has 1 aromatic heterocycles. The maximum Gasteiger partial charge on any atom is 0.222 e. The van der Waals surface area contributed by atoms with Gasteiger partial charge >= 0.3 is 0 Å². The lowest BCUT2D eigenvalue weighted by molar-refractivity contribution is -0.136. The van der Waals surface area contributed by atoms with Crippen molar-refractivity contribution in [2.45, 2.75) is 45.6 Å². The number of carbonyl (C=O) groups is 1. The molecule has 0 saturated carbocycles. The molecule has 1 atom stereocenters. The maximum atomic E-state index is 12.1. The minimum atomic E-state index is -0.351. The van der Waals surface area contributed by atoms with Crippen LogP contribution in [0.3, 0.4) is 0 Å². The quantitative estimate of drug-likeness (QED) is 0.510. The fraction of sp³-hybridized carbons (Fsp3) is 0.407. The van der Waals surface area contributed by atoms with E-state index in [1.807, 2.05) is 36.2 Å². The fourth-order valence-corrected chi connectivity index (χ4v) is 4.86. The van der Waals surface area contributed by atoms with Crippen molar-refractivity contribution < 1.29 is 9.53 Å². The molecule has 162 valence electrons. The van der Waals surface area contributed by atoms with Crippen LogP contribution in [0.15, 0.2) is 60.8 Å². The summed E-state index contributed by atoms with van der Waals surface area (Å²) >= 11 is 0. The van der Waals surface area contributed by atoms with Crippen LogP contribution in [0, 0.1) is 5.92 Å². The molecule has 2 aromatic carbocycles. The summed E-state index contributed by atoms with van der Waals surface area (Å²) in [7, 11) is 0. The highest BCUT2D eigenvalue weighted by molar-refractivity contribution is 5.83. The van der Waals surface area contributed by atoms with Crippen molar-refractivity contribution in [3.05, 3.63) is 66.4 Å². The zero-order chi connectivity index (χ0) is 21.8. The first-order valence-electron chi connectivity index (χ1n) is 11.4. The topological polar surface area (TPSA) is 42.4 Å². The largest absolute Gasteiger partial charge is 0.371 e. The lowest BCUT2D eigenvalue weighted by Gasteiger charge is -2.43. The predicted octanol–water partition coefficient (Wildman–Crippen LogP) is 5.80. The van der Waals surface area contributed by atoms with Crippen molar-refractivity contribution in [2.24, 2.45) is 5.92 Å². The number of piperidine rings is 1. The number of fused-ring (bicyclic) bond motifs is 1. The Bertz CT molecular complexity index is 1040. The molecule has 0 N–H and O–H groups in total. The highest BCUT2D eigenvalue weighted by Gasteiger charge is 2.39. The van der Waals surface area contributed by atoms with Gasteiger partial charge in [0.1, 0.15) is 0 Å². The smallest absolute Gasteiger partial charge is 0.222 e.